The van der Waals surface area contributed by atoms with E-state index in [0.717, 1.165) is 0 Å². The van der Waals surface area contributed by atoms with E-state index in [0.29, 0.717) is 11.5 Å². The summed E-state index contributed by atoms with van der Waals surface area (Å²) < 4.78 is 41.3. The van der Waals surface area contributed by atoms with Gasteiger partial charge in [-0.2, -0.15) is 13.2 Å². The Morgan fingerprint density at radius 1 is 1.35 bits per heavy atom. The van der Waals surface area contributed by atoms with Crippen molar-refractivity contribution in [1.29, 1.82) is 0 Å². The molecule has 0 atom stereocenters. The monoisotopic (exact) mass is 249 g/mol. The van der Waals surface area contributed by atoms with Crippen LogP contribution < -0.4 is 5.32 Å². The van der Waals surface area contributed by atoms with E-state index in [1.165, 1.54) is 0 Å². The lowest BCUT2D eigenvalue weighted by molar-refractivity contribution is -0.173. The molecule has 96 valence electrons. The molecule has 0 saturated heterocycles. The fourth-order valence-corrected chi connectivity index (χ4v) is 1.29. The molecule has 0 aliphatic heterocycles. The molecule has 0 aliphatic rings. The van der Waals surface area contributed by atoms with E-state index in [9.17, 15) is 18.0 Å². The summed E-state index contributed by atoms with van der Waals surface area (Å²) in [6, 6.07) is 3.41. The maximum absolute atomic E-state index is 12.0. The zero-order valence-corrected chi connectivity index (χ0v) is 9.81. The lowest BCUT2D eigenvalue weighted by Gasteiger charge is -2.22. The van der Waals surface area contributed by atoms with Crippen LogP contribution in [0.1, 0.15) is 25.4 Å². The molecule has 3 nitrogen and oxygen atoms in total. The van der Waals surface area contributed by atoms with Crippen molar-refractivity contribution < 1.29 is 22.4 Å². The van der Waals surface area contributed by atoms with Crippen molar-refractivity contribution in [1.82, 2.24) is 5.32 Å². The highest BCUT2D eigenvalue weighted by Gasteiger charge is 2.39. The van der Waals surface area contributed by atoms with E-state index >= 15 is 0 Å². The summed E-state index contributed by atoms with van der Waals surface area (Å²) in [4.78, 5) is 10.7. The Bertz CT molecular complexity index is 407. The number of amides is 1. The third-order valence-corrected chi connectivity index (χ3v) is 2.36. The van der Waals surface area contributed by atoms with Gasteiger partial charge < -0.3 is 9.73 Å². The Morgan fingerprint density at radius 3 is 2.35 bits per heavy atom. The first-order valence-corrected chi connectivity index (χ1v) is 5.05. The Labute approximate surface area is 97.0 Å². The Hall–Kier alpha value is -1.46. The number of hydrogen-bond acceptors (Lipinski definition) is 2. The Kier molecular flexibility index (Phi) is 3.54. The van der Waals surface area contributed by atoms with Crippen LogP contribution >= 0.6 is 0 Å². The minimum Gasteiger partial charge on any atom is -0.466 e. The number of rotatable bonds is 3. The van der Waals surface area contributed by atoms with Gasteiger partial charge in [-0.25, -0.2) is 0 Å². The number of alkyl halides is 3. The van der Waals surface area contributed by atoms with Crippen molar-refractivity contribution in [2.75, 3.05) is 6.54 Å². The van der Waals surface area contributed by atoms with Gasteiger partial charge in [-0.1, -0.05) is 13.8 Å². The van der Waals surface area contributed by atoms with Gasteiger partial charge in [-0.05, 0) is 19.1 Å². The summed E-state index contributed by atoms with van der Waals surface area (Å²) >= 11 is 0. The predicted molar refractivity (Wildman–Crippen MR) is 55.5 cm³/mol. The van der Waals surface area contributed by atoms with Gasteiger partial charge in [0.05, 0.1) is 0 Å². The normalized spacial score (nSPS) is 12.6. The fourth-order valence-electron chi connectivity index (χ4n) is 1.29. The molecule has 1 amide bonds. The molecule has 0 fully saturated rings. The van der Waals surface area contributed by atoms with Crippen LogP contribution in [0.2, 0.25) is 0 Å². The van der Waals surface area contributed by atoms with E-state index in [-0.39, 0.29) is 6.54 Å². The second-order valence-electron chi connectivity index (χ2n) is 4.47. The summed E-state index contributed by atoms with van der Waals surface area (Å²) in [5.41, 5.74) is -0.685. The van der Waals surface area contributed by atoms with Crippen LogP contribution in [0.3, 0.4) is 0 Å². The lowest BCUT2D eigenvalue weighted by atomic mass is 9.90. The molecule has 0 aromatic carbocycles. The molecule has 0 aliphatic carbocycles. The highest BCUT2D eigenvalue weighted by molar-refractivity contribution is 5.81. The highest BCUT2D eigenvalue weighted by atomic mass is 19.4. The third kappa shape index (κ3) is 3.51. The smallest absolute Gasteiger partial charge is 0.466 e. The van der Waals surface area contributed by atoms with Gasteiger partial charge in [0.2, 0.25) is 0 Å². The number of nitrogens with one attached hydrogen (secondary N) is 1. The molecule has 1 heterocycles. The Morgan fingerprint density at radius 2 is 1.94 bits per heavy atom. The molecule has 0 spiro atoms. The average Bonchev–Trinajstić information content (AvgIpc) is 2.60. The van der Waals surface area contributed by atoms with Gasteiger partial charge in [0.15, 0.2) is 0 Å². The molecule has 1 aromatic rings. The molecule has 0 radical (unpaired) electrons. The lowest BCUT2D eigenvalue weighted by Crippen LogP contribution is -2.43. The molecule has 17 heavy (non-hydrogen) atoms. The van der Waals surface area contributed by atoms with Crippen LogP contribution in [-0.2, 0) is 10.2 Å². The molecular formula is C11H14F3NO2. The molecule has 1 aromatic heterocycles. The molecule has 0 saturated carbocycles. The van der Waals surface area contributed by atoms with Gasteiger partial charge in [0.1, 0.15) is 11.5 Å². The van der Waals surface area contributed by atoms with E-state index in [2.05, 4.69) is 0 Å². The van der Waals surface area contributed by atoms with Crippen LogP contribution in [0.5, 0.6) is 0 Å². The molecule has 6 heteroatoms. The van der Waals surface area contributed by atoms with Crippen molar-refractivity contribution in [3.63, 3.8) is 0 Å². The topological polar surface area (TPSA) is 42.2 Å². The summed E-state index contributed by atoms with van der Waals surface area (Å²) in [7, 11) is 0. The van der Waals surface area contributed by atoms with Crippen LogP contribution in [0.4, 0.5) is 13.2 Å². The van der Waals surface area contributed by atoms with E-state index in [4.69, 9.17) is 4.42 Å². The second-order valence-corrected chi connectivity index (χ2v) is 4.47. The second kappa shape index (κ2) is 4.43. The van der Waals surface area contributed by atoms with Gasteiger partial charge in [-0.15, -0.1) is 0 Å². The standard InChI is InChI=1S/C11H14F3NO2/c1-7-4-5-8(17-7)10(2,3)6-15-9(16)11(12,13)14/h4-5H,6H2,1-3H3,(H,15,16). The average molecular weight is 249 g/mol. The quantitative estimate of drug-likeness (QED) is 0.894. The van der Waals surface area contributed by atoms with E-state index < -0.39 is 17.5 Å². The summed E-state index contributed by atoms with van der Waals surface area (Å²) in [6.45, 7) is 5.00. The number of hydrogen-bond donors (Lipinski definition) is 1. The predicted octanol–water partition coefficient (Wildman–Crippen LogP) is 2.54. The van der Waals surface area contributed by atoms with Gasteiger partial charge in [0, 0.05) is 12.0 Å². The van der Waals surface area contributed by atoms with Crippen LogP contribution in [0, 0.1) is 6.92 Å². The first-order chi connectivity index (χ1) is 7.63. The molecule has 0 bridgehead atoms. The minimum atomic E-state index is -4.85. The first-order valence-electron chi connectivity index (χ1n) is 5.05. The van der Waals surface area contributed by atoms with Crippen LogP contribution in [-0.4, -0.2) is 18.6 Å². The number of aryl methyl sites for hydroxylation is 1. The zero-order chi connectivity index (χ0) is 13.3. The van der Waals surface area contributed by atoms with Crippen molar-refractivity contribution in [3.8, 4) is 0 Å². The van der Waals surface area contributed by atoms with Crippen molar-refractivity contribution >= 4 is 5.91 Å². The van der Waals surface area contributed by atoms with Gasteiger partial charge in [0.25, 0.3) is 0 Å². The maximum atomic E-state index is 12.0. The number of carbonyl (C=O) groups is 1. The largest absolute Gasteiger partial charge is 0.471 e. The van der Waals surface area contributed by atoms with Crippen LogP contribution in [0.15, 0.2) is 16.5 Å². The van der Waals surface area contributed by atoms with Gasteiger partial charge >= 0.3 is 12.1 Å². The van der Waals surface area contributed by atoms with Gasteiger partial charge in [-0.3, -0.25) is 4.79 Å². The maximum Gasteiger partial charge on any atom is 0.471 e. The van der Waals surface area contributed by atoms with Crippen molar-refractivity contribution in [2.24, 2.45) is 0 Å². The third-order valence-electron chi connectivity index (χ3n) is 2.36. The minimum absolute atomic E-state index is 0.141. The summed E-state index contributed by atoms with van der Waals surface area (Å²) in [5, 5.41) is 1.85. The number of halogens is 3. The molecular weight excluding hydrogens is 235 g/mol. The number of carbonyl (C=O) groups excluding carboxylic acids is 1. The van der Waals surface area contributed by atoms with Crippen molar-refractivity contribution in [3.05, 3.63) is 23.7 Å². The zero-order valence-electron chi connectivity index (χ0n) is 9.81. The summed E-state index contributed by atoms with van der Waals surface area (Å²) in [6.07, 6.45) is -4.85. The number of furan rings is 1. The van der Waals surface area contributed by atoms with E-state index in [1.54, 1.807) is 32.9 Å². The molecule has 1 rings (SSSR count). The molecule has 1 N–H and O–H groups in total. The Balaban J connectivity index is 2.65. The molecule has 0 unspecified atom stereocenters. The highest BCUT2D eigenvalue weighted by Crippen LogP contribution is 2.25. The SMILES string of the molecule is Cc1ccc(C(C)(C)CNC(=O)C(F)(F)F)o1. The van der Waals surface area contributed by atoms with E-state index in [1.807, 2.05) is 5.32 Å². The first kappa shape index (κ1) is 13.6. The summed E-state index contributed by atoms with van der Waals surface area (Å²) in [5.74, 6) is -0.721. The van der Waals surface area contributed by atoms with Crippen LogP contribution in [0.25, 0.3) is 0 Å². The van der Waals surface area contributed by atoms with Crippen molar-refractivity contribution in [2.45, 2.75) is 32.4 Å². The fraction of sp³-hybridized carbons (Fsp3) is 0.545.